The summed E-state index contributed by atoms with van der Waals surface area (Å²) in [4.78, 5) is 26.5. The summed E-state index contributed by atoms with van der Waals surface area (Å²) in [5.74, 6) is 0.120. The second-order valence-electron chi connectivity index (χ2n) is 6.22. The van der Waals surface area contributed by atoms with Gasteiger partial charge in [-0.25, -0.2) is 0 Å². The lowest BCUT2D eigenvalue weighted by molar-refractivity contribution is -0.116. The first-order valence-electron chi connectivity index (χ1n) is 8.65. The molecule has 0 aromatic heterocycles. The van der Waals surface area contributed by atoms with Gasteiger partial charge in [0.25, 0.3) is 0 Å². The van der Waals surface area contributed by atoms with Crippen LogP contribution < -0.4 is 10.2 Å². The number of nitriles is 1. The third kappa shape index (κ3) is 6.15. The third-order valence-corrected chi connectivity index (χ3v) is 5.08. The van der Waals surface area contributed by atoms with Gasteiger partial charge in [0.1, 0.15) is 0 Å². The van der Waals surface area contributed by atoms with E-state index in [0.29, 0.717) is 6.54 Å². The van der Waals surface area contributed by atoms with Crippen molar-refractivity contribution in [2.45, 2.75) is 32.1 Å². The zero-order chi connectivity index (χ0) is 19.8. The molecule has 0 saturated heterocycles. The summed E-state index contributed by atoms with van der Waals surface area (Å²) in [6.45, 7) is 5.88. The number of thioether (sulfide) groups is 1. The Labute approximate surface area is 164 Å². The summed E-state index contributed by atoms with van der Waals surface area (Å²) >= 11 is 1.43. The van der Waals surface area contributed by atoms with E-state index in [1.54, 1.807) is 4.90 Å². The van der Waals surface area contributed by atoms with Crippen LogP contribution in [-0.2, 0) is 9.59 Å². The second kappa shape index (κ2) is 9.79. The molecule has 0 aliphatic carbocycles. The number of carbonyl (C=O) groups is 2. The van der Waals surface area contributed by atoms with E-state index < -0.39 is 0 Å². The van der Waals surface area contributed by atoms with Gasteiger partial charge in [-0.2, -0.15) is 5.26 Å². The van der Waals surface area contributed by atoms with E-state index in [9.17, 15) is 9.59 Å². The van der Waals surface area contributed by atoms with Gasteiger partial charge in [-0.05, 0) is 61.4 Å². The lowest BCUT2D eigenvalue weighted by Gasteiger charge is -2.22. The minimum atomic E-state index is -0.118. The molecule has 140 valence electrons. The van der Waals surface area contributed by atoms with Crippen LogP contribution in [0.4, 0.5) is 11.4 Å². The predicted molar refractivity (Wildman–Crippen MR) is 110 cm³/mol. The molecule has 2 amide bonds. The van der Waals surface area contributed by atoms with Crippen LogP contribution in [-0.4, -0.2) is 24.1 Å². The van der Waals surface area contributed by atoms with Crippen LogP contribution in [0.2, 0.25) is 0 Å². The van der Waals surface area contributed by atoms with E-state index in [2.05, 4.69) is 11.4 Å². The largest absolute Gasteiger partial charge is 0.326 e. The van der Waals surface area contributed by atoms with Crippen molar-refractivity contribution in [1.82, 2.24) is 0 Å². The molecule has 0 bridgehead atoms. The van der Waals surface area contributed by atoms with Crippen LogP contribution in [0.25, 0.3) is 0 Å². The SMILES string of the molecule is CC(=O)Nc1ccc(SCC(=O)N(CCC#N)c2ccc(C)c(C)c2)cc1. The number of nitrogens with zero attached hydrogens (tertiary/aromatic N) is 2. The van der Waals surface area contributed by atoms with Gasteiger partial charge >= 0.3 is 0 Å². The first-order chi connectivity index (χ1) is 12.9. The van der Waals surface area contributed by atoms with Crippen molar-refractivity contribution in [3.8, 4) is 6.07 Å². The Balaban J connectivity index is 2.06. The first-order valence-corrected chi connectivity index (χ1v) is 9.64. The highest BCUT2D eigenvalue weighted by atomic mass is 32.2. The number of hydrogen-bond donors (Lipinski definition) is 1. The lowest BCUT2D eigenvalue weighted by Crippen LogP contribution is -2.33. The average Bonchev–Trinajstić information content (AvgIpc) is 2.63. The van der Waals surface area contributed by atoms with Gasteiger partial charge in [0.15, 0.2) is 0 Å². The highest BCUT2D eigenvalue weighted by Crippen LogP contribution is 2.24. The fourth-order valence-electron chi connectivity index (χ4n) is 2.51. The first kappa shape index (κ1) is 20.5. The van der Waals surface area contributed by atoms with Crippen molar-refractivity contribution >= 4 is 35.0 Å². The van der Waals surface area contributed by atoms with Gasteiger partial charge in [-0.15, -0.1) is 11.8 Å². The quantitative estimate of drug-likeness (QED) is 0.726. The standard InChI is InChI=1S/C21H23N3O2S/c1-15-5-8-19(13-16(15)2)24(12-4-11-22)21(26)14-27-20-9-6-18(7-10-20)23-17(3)25/h5-10,13H,4,12,14H2,1-3H3,(H,23,25). The Morgan fingerprint density at radius 2 is 1.81 bits per heavy atom. The number of benzene rings is 2. The van der Waals surface area contributed by atoms with E-state index in [1.807, 2.05) is 56.3 Å². The number of amides is 2. The fourth-order valence-corrected chi connectivity index (χ4v) is 3.29. The minimum Gasteiger partial charge on any atom is -0.326 e. The molecule has 2 rings (SSSR count). The maximum Gasteiger partial charge on any atom is 0.237 e. The van der Waals surface area contributed by atoms with E-state index in [4.69, 9.17) is 5.26 Å². The van der Waals surface area contributed by atoms with Crippen molar-refractivity contribution in [2.75, 3.05) is 22.5 Å². The smallest absolute Gasteiger partial charge is 0.237 e. The van der Waals surface area contributed by atoms with E-state index >= 15 is 0 Å². The van der Waals surface area contributed by atoms with Crippen LogP contribution in [0, 0.1) is 25.2 Å². The Morgan fingerprint density at radius 1 is 1.11 bits per heavy atom. The van der Waals surface area contributed by atoms with Gasteiger partial charge in [0, 0.05) is 29.7 Å². The Hall–Kier alpha value is -2.78. The molecule has 0 atom stereocenters. The summed E-state index contributed by atoms with van der Waals surface area (Å²) < 4.78 is 0. The molecule has 0 aliphatic heterocycles. The highest BCUT2D eigenvalue weighted by molar-refractivity contribution is 8.00. The molecule has 0 saturated carbocycles. The summed E-state index contributed by atoms with van der Waals surface area (Å²) in [5.41, 5.74) is 3.83. The number of anilines is 2. The summed E-state index contributed by atoms with van der Waals surface area (Å²) in [5, 5.41) is 11.6. The molecule has 0 fully saturated rings. The van der Waals surface area contributed by atoms with Crippen LogP contribution >= 0.6 is 11.8 Å². The van der Waals surface area contributed by atoms with E-state index in [-0.39, 0.29) is 24.0 Å². The summed E-state index contributed by atoms with van der Waals surface area (Å²) in [6, 6.07) is 15.4. The molecule has 2 aromatic rings. The molecular formula is C21H23N3O2S. The maximum absolute atomic E-state index is 12.8. The maximum atomic E-state index is 12.8. The van der Waals surface area contributed by atoms with Crippen LogP contribution in [0.1, 0.15) is 24.5 Å². The molecule has 1 N–H and O–H groups in total. The van der Waals surface area contributed by atoms with Crippen LogP contribution in [0.5, 0.6) is 0 Å². The number of carbonyl (C=O) groups excluding carboxylic acids is 2. The number of aryl methyl sites for hydroxylation is 2. The molecule has 0 aliphatic rings. The number of rotatable bonds is 7. The molecule has 27 heavy (non-hydrogen) atoms. The molecule has 2 aromatic carbocycles. The molecule has 0 unspecified atom stereocenters. The monoisotopic (exact) mass is 381 g/mol. The topological polar surface area (TPSA) is 73.2 Å². The van der Waals surface area contributed by atoms with E-state index in [0.717, 1.165) is 21.8 Å². The average molecular weight is 382 g/mol. The minimum absolute atomic E-state index is 0.0376. The second-order valence-corrected chi connectivity index (χ2v) is 7.27. The summed E-state index contributed by atoms with van der Waals surface area (Å²) in [7, 11) is 0. The lowest BCUT2D eigenvalue weighted by atomic mass is 10.1. The normalized spacial score (nSPS) is 10.1. The predicted octanol–water partition coefficient (Wildman–Crippen LogP) is 4.30. The fraction of sp³-hybridized carbons (Fsp3) is 0.286. The van der Waals surface area contributed by atoms with Crippen molar-refractivity contribution in [3.63, 3.8) is 0 Å². The van der Waals surface area contributed by atoms with Crippen molar-refractivity contribution in [3.05, 3.63) is 53.6 Å². The Morgan fingerprint density at radius 3 is 2.41 bits per heavy atom. The number of hydrogen-bond acceptors (Lipinski definition) is 4. The molecule has 0 heterocycles. The van der Waals surface area contributed by atoms with E-state index in [1.165, 1.54) is 24.2 Å². The molecule has 0 radical (unpaired) electrons. The zero-order valence-electron chi connectivity index (χ0n) is 15.8. The molecule has 5 nitrogen and oxygen atoms in total. The zero-order valence-corrected chi connectivity index (χ0v) is 16.6. The van der Waals surface area contributed by atoms with Crippen molar-refractivity contribution < 1.29 is 9.59 Å². The Bertz CT molecular complexity index is 857. The number of nitrogens with one attached hydrogen (secondary N) is 1. The van der Waals surface area contributed by atoms with Gasteiger partial charge in [0.05, 0.1) is 18.2 Å². The highest BCUT2D eigenvalue weighted by Gasteiger charge is 2.16. The third-order valence-electron chi connectivity index (χ3n) is 4.09. The summed E-state index contributed by atoms with van der Waals surface area (Å²) in [6.07, 6.45) is 0.286. The Kier molecular flexibility index (Phi) is 7.44. The van der Waals surface area contributed by atoms with Gasteiger partial charge in [-0.3, -0.25) is 9.59 Å². The molecule has 6 heteroatoms. The van der Waals surface area contributed by atoms with Crippen LogP contribution in [0.3, 0.4) is 0 Å². The molecular weight excluding hydrogens is 358 g/mol. The van der Waals surface area contributed by atoms with Crippen LogP contribution in [0.15, 0.2) is 47.4 Å². The van der Waals surface area contributed by atoms with Crippen molar-refractivity contribution in [1.29, 1.82) is 5.26 Å². The van der Waals surface area contributed by atoms with Crippen molar-refractivity contribution in [2.24, 2.45) is 0 Å². The van der Waals surface area contributed by atoms with Gasteiger partial charge in [0.2, 0.25) is 11.8 Å². The van der Waals surface area contributed by atoms with Gasteiger partial charge in [-0.1, -0.05) is 6.07 Å². The molecule has 0 spiro atoms. The van der Waals surface area contributed by atoms with Gasteiger partial charge < -0.3 is 10.2 Å².